The number of ether oxygens (including phenoxy) is 1. The third kappa shape index (κ3) is 3.67. The molecule has 1 heterocycles. The smallest absolute Gasteiger partial charge is 0.309 e. The van der Waals surface area contributed by atoms with Crippen LogP contribution in [-0.2, 0) is 16.1 Å². The van der Waals surface area contributed by atoms with E-state index >= 15 is 0 Å². The van der Waals surface area contributed by atoms with E-state index in [0.29, 0.717) is 11.6 Å². The van der Waals surface area contributed by atoms with Gasteiger partial charge in [-0.05, 0) is 32.4 Å². The lowest BCUT2D eigenvalue weighted by Crippen LogP contribution is -2.39. The van der Waals surface area contributed by atoms with Gasteiger partial charge >= 0.3 is 5.97 Å². The van der Waals surface area contributed by atoms with Crippen LogP contribution in [0, 0.1) is 11.7 Å². The lowest BCUT2D eigenvalue weighted by molar-refractivity contribution is -0.151. The summed E-state index contributed by atoms with van der Waals surface area (Å²) in [6, 6.07) is 4.99. The van der Waals surface area contributed by atoms with Gasteiger partial charge in [0, 0.05) is 11.6 Å². The number of piperidine rings is 1. The van der Waals surface area contributed by atoms with Gasteiger partial charge in [-0.15, -0.1) is 0 Å². The summed E-state index contributed by atoms with van der Waals surface area (Å²) in [6.07, 6.45) is 1.53. The van der Waals surface area contributed by atoms with Gasteiger partial charge in [0.05, 0.1) is 10.9 Å². The number of benzene rings is 1. The third-order valence-corrected chi connectivity index (χ3v) is 3.65. The van der Waals surface area contributed by atoms with Gasteiger partial charge in [-0.25, -0.2) is 4.39 Å². The molecule has 1 fully saturated rings. The van der Waals surface area contributed by atoms with Crippen LogP contribution in [0.3, 0.4) is 0 Å². The average molecular weight is 286 g/mol. The SMILES string of the molecule is CC1CC(C(=O)OCc2cccc(Cl)c2F)CCN1. The molecule has 0 radical (unpaired) electrons. The number of halogens is 2. The van der Waals surface area contributed by atoms with E-state index in [1.807, 2.05) is 6.92 Å². The summed E-state index contributed by atoms with van der Waals surface area (Å²) in [6.45, 7) is 2.78. The van der Waals surface area contributed by atoms with Crippen LogP contribution in [0.5, 0.6) is 0 Å². The molecular weight excluding hydrogens is 269 g/mol. The molecule has 0 aliphatic carbocycles. The predicted octanol–water partition coefficient (Wildman–Crippen LogP) is 2.91. The molecule has 2 atom stereocenters. The maximum atomic E-state index is 13.6. The molecule has 0 spiro atoms. The molecule has 19 heavy (non-hydrogen) atoms. The summed E-state index contributed by atoms with van der Waals surface area (Å²) in [5.41, 5.74) is 0.308. The Balaban J connectivity index is 1.91. The van der Waals surface area contributed by atoms with Crippen LogP contribution >= 0.6 is 11.6 Å². The van der Waals surface area contributed by atoms with Crippen molar-refractivity contribution in [3.05, 3.63) is 34.6 Å². The van der Waals surface area contributed by atoms with E-state index in [1.165, 1.54) is 6.07 Å². The Morgan fingerprint density at radius 3 is 3.11 bits per heavy atom. The monoisotopic (exact) mass is 285 g/mol. The number of nitrogens with one attached hydrogen (secondary N) is 1. The summed E-state index contributed by atoms with van der Waals surface area (Å²) in [5.74, 6) is -0.873. The minimum Gasteiger partial charge on any atom is -0.460 e. The third-order valence-electron chi connectivity index (χ3n) is 3.36. The minimum atomic E-state index is -0.518. The summed E-state index contributed by atoms with van der Waals surface area (Å²) in [5, 5.41) is 3.32. The number of rotatable bonds is 3. The molecule has 1 aromatic rings. The van der Waals surface area contributed by atoms with Crippen LogP contribution in [0.15, 0.2) is 18.2 Å². The molecule has 0 bridgehead atoms. The normalized spacial score (nSPS) is 23.1. The number of esters is 1. The van der Waals surface area contributed by atoms with E-state index in [2.05, 4.69) is 5.32 Å². The molecule has 1 aliphatic heterocycles. The van der Waals surface area contributed by atoms with Crippen LogP contribution < -0.4 is 5.32 Å². The van der Waals surface area contributed by atoms with Crippen LogP contribution in [0.4, 0.5) is 4.39 Å². The first kappa shape index (κ1) is 14.3. The first-order chi connectivity index (χ1) is 9.08. The summed E-state index contributed by atoms with van der Waals surface area (Å²) >= 11 is 5.67. The molecule has 1 aromatic carbocycles. The number of carbonyl (C=O) groups excluding carboxylic acids is 1. The highest BCUT2D eigenvalue weighted by Crippen LogP contribution is 2.21. The van der Waals surface area contributed by atoms with Crippen molar-refractivity contribution >= 4 is 17.6 Å². The first-order valence-corrected chi connectivity index (χ1v) is 6.78. The lowest BCUT2D eigenvalue weighted by atomic mass is 9.93. The molecule has 2 rings (SSSR count). The maximum Gasteiger partial charge on any atom is 0.309 e. The Morgan fingerprint density at radius 1 is 1.58 bits per heavy atom. The summed E-state index contributed by atoms with van der Waals surface area (Å²) in [4.78, 5) is 11.9. The molecule has 3 nitrogen and oxygen atoms in total. The van der Waals surface area contributed by atoms with Crippen molar-refractivity contribution in [3.63, 3.8) is 0 Å². The van der Waals surface area contributed by atoms with Crippen molar-refractivity contribution in [1.29, 1.82) is 0 Å². The molecule has 104 valence electrons. The van der Waals surface area contributed by atoms with Crippen molar-refractivity contribution in [2.75, 3.05) is 6.54 Å². The van der Waals surface area contributed by atoms with E-state index in [0.717, 1.165) is 19.4 Å². The van der Waals surface area contributed by atoms with Crippen molar-refractivity contribution in [2.45, 2.75) is 32.4 Å². The minimum absolute atomic E-state index is 0.0454. The van der Waals surface area contributed by atoms with Crippen LogP contribution in [0.1, 0.15) is 25.3 Å². The Bertz CT molecular complexity index is 467. The number of hydrogen-bond donors (Lipinski definition) is 1. The first-order valence-electron chi connectivity index (χ1n) is 6.41. The van der Waals surface area contributed by atoms with Gasteiger partial charge in [0.1, 0.15) is 12.4 Å². The molecule has 1 aliphatic rings. The van der Waals surface area contributed by atoms with Gasteiger partial charge in [0.25, 0.3) is 0 Å². The Morgan fingerprint density at radius 2 is 2.37 bits per heavy atom. The van der Waals surface area contributed by atoms with Gasteiger partial charge in [-0.3, -0.25) is 4.79 Å². The van der Waals surface area contributed by atoms with Gasteiger partial charge < -0.3 is 10.1 Å². The zero-order valence-electron chi connectivity index (χ0n) is 10.8. The molecule has 1 saturated heterocycles. The second kappa shape index (κ2) is 6.35. The Labute approximate surface area is 117 Å². The van der Waals surface area contributed by atoms with Crippen molar-refractivity contribution in [3.8, 4) is 0 Å². The Kier molecular flexibility index (Phi) is 4.77. The highest BCUT2D eigenvalue weighted by molar-refractivity contribution is 6.30. The van der Waals surface area contributed by atoms with E-state index < -0.39 is 5.82 Å². The van der Waals surface area contributed by atoms with Crippen molar-refractivity contribution < 1.29 is 13.9 Å². The summed E-state index contributed by atoms with van der Waals surface area (Å²) < 4.78 is 18.8. The number of hydrogen-bond acceptors (Lipinski definition) is 3. The van der Waals surface area contributed by atoms with E-state index in [-0.39, 0.29) is 23.5 Å². The second-order valence-corrected chi connectivity index (χ2v) is 5.30. The van der Waals surface area contributed by atoms with E-state index in [1.54, 1.807) is 12.1 Å². The van der Waals surface area contributed by atoms with E-state index in [9.17, 15) is 9.18 Å². The maximum absolute atomic E-state index is 13.6. The zero-order valence-corrected chi connectivity index (χ0v) is 11.5. The number of carbonyl (C=O) groups is 1. The molecule has 0 aromatic heterocycles. The fourth-order valence-electron chi connectivity index (χ4n) is 2.27. The zero-order chi connectivity index (χ0) is 13.8. The highest BCUT2D eigenvalue weighted by Gasteiger charge is 2.26. The fraction of sp³-hybridized carbons (Fsp3) is 0.500. The second-order valence-electron chi connectivity index (χ2n) is 4.90. The van der Waals surface area contributed by atoms with Crippen LogP contribution in [-0.4, -0.2) is 18.6 Å². The predicted molar refractivity (Wildman–Crippen MR) is 71.4 cm³/mol. The van der Waals surface area contributed by atoms with Gasteiger partial charge in [0.15, 0.2) is 0 Å². The highest BCUT2D eigenvalue weighted by atomic mass is 35.5. The molecular formula is C14H17ClFNO2. The average Bonchev–Trinajstić information content (AvgIpc) is 2.40. The topological polar surface area (TPSA) is 38.3 Å². The quantitative estimate of drug-likeness (QED) is 0.868. The van der Waals surface area contributed by atoms with Gasteiger partial charge in [-0.2, -0.15) is 0 Å². The largest absolute Gasteiger partial charge is 0.460 e. The van der Waals surface area contributed by atoms with Crippen LogP contribution in [0.2, 0.25) is 5.02 Å². The van der Waals surface area contributed by atoms with Gasteiger partial charge in [0.2, 0.25) is 0 Å². The standard InChI is InChI=1S/C14H17ClFNO2/c1-9-7-10(5-6-17-9)14(18)19-8-11-3-2-4-12(15)13(11)16/h2-4,9-10,17H,5-8H2,1H3. The molecule has 5 heteroatoms. The lowest BCUT2D eigenvalue weighted by Gasteiger charge is -2.26. The molecule has 0 saturated carbocycles. The summed E-state index contributed by atoms with van der Waals surface area (Å²) in [7, 11) is 0. The van der Waals surface area contributed by atoms with E-state index in [4.69, 9.17) is 16.3 Å². The van der Waals surface area contributed by atoms with Crippen molar-refractivity contribution in [2.24, 2.45) is 5.92 Å². The Hall–Kier alpha value is -1.13. The van der Waals surface area contributed by atoms with Crippen LogP contribution in [0.25, 0.3) is 0 Å². The molecule has 1 N–H and O–H groups in total. The van der Waals surface area contributed by atoms with Gasteiger partial charge in [-0.1, -0.05) is 23.7 Å². The molecule has 2 unspecified atom stereocenters. The van der Waals surface area contributed by atoms with Crippen molar-refractivity contribution in [1.82, 2.24) is 5.32 Å². The molecule has 0 amide bonds. The fourth-order valence-corrected chi connectivity index (χ4v) is 2.47.